The summed E-state index contributed by atoms with van der Waals surface area (Å²) in [7, 11) is 1.75. The number of methoxy groups -OCH3 is 1. The van der Waals surface area contributed by atoms with Crippen LogP contribution < -0.4 is 5.32 Å². The number of carbonyl (C=O) groups excluding carboxylic acids is 1. The zero-order valence-corrected chi connectivity index (χ0v) is 11.9. The minimum atomic E-state index is 0.380. The molecule has 3 rings (SSSR count). The van der Waals surface area contributed by atoms with Gasteiger partial charge in [-0.05, 0) is 38.0 Å². The Morgan fingerprint density at radius 3 is 2.63 bits per heavy atom. The van der Waals surface area contributed by atoms with Crippen LogP contribution in [-0.4, -0.2) is 49.7 Å². The van der Waals surface area contributed by atoms with Gasteiger partial charge in [-0.15, -0.1) is 0 Å². The Morgan fingerprint density at radius 1 is 1.21 bits per heavy atom. The van der Waals surface area contributed by atoms with E-state index in [-0.39, 0.29) is 0 Å². The molecule has 3 atom stereocenters. The topological polar surface area (TPSA) is 41.6 Å². The largest absolute Gasteiger partial charge is 0.384 e. The van der Waals surface area contributed by atoms with E-state index in [2.05, 4.69) is 10.2 Å². The van der Waals surface area contributed by atoms with Crippen LogP contribution in [0.4, 0.5) is 0 Å². The number of ether oxygens (including phenoxy) is 1. The predicted molar refractivity (Wildman–Crippen MR) is 73.8 cm³/mol. The molecular formula is C15H26N2O2. The van der Waals surface area contributed by atoms with Gasteiger partial charge < -0.3 is 15.0 Å². The first-order chi connectivity index (χ1) is 9.24. The van der Waals surface area contributed by atoms with Crippen LogP contribution in [0.1, 0.15) is 38.5 Å². The molecule has 4 heteroatoms. The van der Waals surface area contributed by atoms with Crippen LogP contribution in [0.15, 0.2) is 0 Å². The second kappa shape index (κ2) is 5.80. The average molecular weight is 266 g/mol. The van der Waals surface area contributed by atoms with Crippen LogP contribution in [0.3, 0.4) is 0 Å². The van der Waals surface area contributed by atoms with Crippen molar-refractivity contribution in [3.8, 4) is 0 Å². The second-order valence-electron chi connectivity index (χ2n) is 6.63. The van der Waals surface area contributed by atoms with Gasteiger partial charge in [0.1, 0.15) is 0 Å². The molecule has 3 unspecified atom stereocenters. The van der Waals surface area contributed by atoms with Crippen molar-refractivity contribution in [2.75, 3.05) is 26.8 Å². The molecule has 3 heterocycles. The third-order valence-electron chi connectivity index (χ3n) is 5.07. The molecule has 3 aliphatic rings. The molecule has 3 saturated heterocycles. The molecule has 2 bridgehead atoms. The lowest BCUT2D eigenvalue weighted by atomic mass is 9.89. The van der Waals surface area contributed by atoms with Gasteiger partial charge in [0.25, 0.3) is 0 Å². The summed E-state index contributed by atoms with van der Waals surface area (Å²) in [6, 6.07) is 1.38. The Hall–Kier alpha value is -0.610. The fraction of sp³-hybridized carbons (Fsp3) is 0.933. The number of likely N-dealkylation sites (tertiary alicyclic amines) is 1. The molecule has 3 fully saturated rings. The van der Waals surface area contributed by atoms with E-state index in [4.69, 9.17) is 4.74 Å². The van der Waals surface area contributed by atoms with E-state index in [0.29, 0.717) is 29.8 Å². The van der Waals surface area contributed by atoms with E-state index in [0.717, 1.165) is 32.5 Å². The minimum Gasteiger partial charge on any atom is -0.384 e. The summed E-state index contributed by atoms with van der Waals surface area (Å²) < 4.78 is 5.19. The Morgan fingerprint density at radius 2 is 1.95 bits per heavy atom. The van der Waals surface area contributed by atoms with Crippen molar-refractivity contribution in [3.05, 3.63) is 0 Å². The summed E-state index contributed by atoms with van der Waals surface area (Å²) in [5.74, 6) is 1.55. The van der Waals surface area contributed by atoms with Crippen LogP contribution in [-0.2, 0) is 9.53 Å². The fourth-order valence-corrected chi connectivity index (χ4v) is 4.15. The van der Waals surface area contributed by atoms with Crippen molar-refractivity contribution in [1.29, 1.82) is 0 Å². The highest BCUT2D eigenvalue weighted by Crippen LogP contribution is 2.33. The fourth-order valence-electron chi connectivity index (χ4n) is 4.15. The average Bonchev–Trinajstić information content (AvgIpc) is 2.97. The van der Waals surface area contributed by atoms with Crippen LogP contribution in [0.2, 0.25) is 0 Å². The third-order valence-corrected chi connectivity index (χ3v) is 5.07. The zero-order valence-electron chi connectivity index (χ0n) is 11.9. The first-order valence-electron chi connectivity index (χ1n) is 7.77. The van der Waals surface area contributed by atoms with E-state index < -0.39 is 0 Å². The second-order valence-corrected chi connectivity index (χ2v) is 6.63. The van der Waals surface area contributed by atoms with E-state index in [9.17, 15) is 4.79 Å². The van der Waals surface area contributed by atoms with Gasteiger partial charge in [-0.1, -0.05) is 0 Å². The van der Waals surface area contributed by atoms with Gasteiger partial charge in [0.05, 0.1) is 6.61 Å². The Bertz CT molecular complexity index is 322. The predicted octanol–water partition coefficient (Wildman–Crippen LogP) is 1.40. The maximum absolute atomic E-state index is 12.4. The monoisotopic (exact) mass is 266 g/mol. The maximum Gasteiger partial charge on any atom is 0.222 e. The molecule has 19 heavy (non-hydrogen) atoms. The molecule has 1 N–H and O–H groups in total. The highest BCUT2D eigenvalue weighted by molar-refractivity contribution is 5.76. The highest BCUT2D eigenvalue weighted by Gasteiger charge is 2.35. The van der Waals surface area contributed by atoms with Crippen molar-refractivity contribution in [3.63, 3.8) is 0 Å². The number of piperidine rings is 1. The number of hydrogen-bond acceptors (Lipinski definition) is 3. The quantitative estimate of drug-likeness (QED) is 0.836. The smallest absolute Gasteiger partial charge is 0.222 e. The van der Waals surface area contributed by atoms with Crippen molar-refractivity contribution >= 4 is 5.91 Å². The van der Waals surface area contributed by atoms with Gasteiger partial charge in [0, 0.05) is 44.6 Å². The minimum absolute atomic E-state index is 0.380. The number of rotatable bonds is 4. The Labute approximate surface area is 115 Å². The Kier molecular flexibility index (Phi) is 4.08. The summed E-state index contributed by atoms with van der Waals surface area (Å²) >= 11 is 0. The maximum atomic E-state index is 12.4. The molecule has 0 radical (unpaired) electrons. The third kappa shape index (κ3) is 3.11. The summed E-state index contributed by atoms with van der Waals surface area (Å²) in [4.78, 5) is 14.4. The molecular weight excluding hydrogens is 240 g/mol. The number of nitrogens with zero attached hydrogens (tertiary/aromatic N) is 1. The zero-order chi connectivity index (χ0) is 13.2. The molecule has 0 aliphatic carbocycles. The van der Waals surface area contributed by atoms with E-state index in [1.807, 2.05) is 0 Å². The van der Waals surface area contributed by atoms with E-state index in [1.165, 1.54) is 25.7 Å². The number of carbonyl (C=O) groups is 1. The highest BCUT2D eigenvalue weighted by atomic mass is 16.5. The molecule has 108 valence electrons. The van der Waals surface area contributed by atoms with Crippen molar-refractivity contribution < 1.29 is 9.53 Å². The van der Waals surface area contributed by atoms with Gasteiger partial charge in [-0.3, -0.25) is 4.79 Å². The van der Waals surface area contributed by atoms with Crippen molar-refractivity contribution in [2.24, 2.45) is 11.8 Å². The van der Waals surface area contributed by atoms with Crippen LogP contribution >= 0.6 is 0 Å². The summed E-state index contributed by atoms with van der Waals surface area (Å²) in [6.07, 6.45) is 6.92. The van der Waals surface area contributed by atoms with E-state index >= 15 is 0 Å². The van der Waals surface area contributed by atoms with Gasteiger partial charge in [0.2, 0.25) is 5.91 Å². The van der Waals surface area contributed by atoms with Crippen molar-refractivity contribution in [1.82, 2.24) is 10.2 Å². The number of fused-ring (bicyclic) bond motifs is 2. The van der Waals surface area contributed by atoms with Gasteiger partial charge >= 0.3 is 0 Å². The van der Waals surface area contributed by atoms with Crippen molar-refractivity contribution in [2.45, 2.75) is 50.6 Å². The number of hydrogen-bond donors (Lipinski definition) is 1. The number of nitrogens with one attached hydrogen (secondary N) is 1. The van der Waals surface area contributed by atoms with Crippen LogP contribution in [0.5, 0.6) is 0 Å². The van der Waals surface area contributed by atoms with Gasteiger partial charge in [0.15, 0.2) is 0 Å². The molecule has 1 amide bonds. The molecule has 0 aromatic heterocycles. The first kappa shape index (κ1) is 13.4. The summed E-state index contributed by atoms with van der Waals surface area (Å²) in [5.41, 5.74) is 0. The molecule has 0 aromatic rings. The lowest BCUT2D eigenvalue weighted by Gasteiger charge is -2.30. The SMILES string of the molecule is COCC1CCN(C(=O)CC2CC3CCC(C2)N3)C1. The lowest BCUT2D eigenvalue weighted by Crippen LogP contribution is -2.40. The number of amides is 1. The summed E-state index contributed by atoms with van der Waals surface area (Å²) in [6.45, 7) is 2.64. The lowest BCUT2D eigenvalue weighted by molar-refractivity contribution is -0.131. The standard InChI is InChI=1S/C15H26N2O2/c1-19-10-11-4-5-17(9-11)15(18)8-12-6-13-2-3-14(7-12)16-13/h11-14,16H,2-10H2,1H3. The molecule has 4 nitrogen and oxygen atoms in total. The Balaban J connectivity index is 1.46. The molecule has 0 spiro atoms. The molecule has 3 aliphatic heterocycles. The summed E-state index contributed by atoms with van der Waals surface area (Å²) in [5, 5.41) is 3.65. The molecule has 0 aromatic carbocycles. The normalized spacial score (nSPS) is 37.8. The van der Waals surface area contributed by atoms with Crippen LogP contribution in [0, 0.1) is 11.8 Å². The van der Waals surface area contributed by atoms with Crippen LogP contribution in [0.25, 0.3) is 0 Å². The molecule has 0 saturated carbocycles. The van der Waals surface area contributed by atoms with E-state index in [1.54, 1.807) is 7.11 Å². The van der Waals surface area contributed by atoms with Gasteiger partial charge in [-0.2, -0.15) is 0 Å². The van der Waals surface area contributed by atoms with Gasteiger partial charge in [-0.25, -0.2) is 0 Å². The first-order valence-corrected chi connectivity index (χ1v) is 7.77.